The molecule has 0 aliphatic heterocycles. The monoisotopic (exact) mass is 259 g/mol. The van der Waals surface area contributed by atoms with Crippen molar-refractivity contribution in [2.45, 2.75) is 32.9 Å². The van der Waals surface area contributed by atoms with E-state index in [4.69, 9.17) is 0 Å². The van der Waals surface area contributed by atoms with E-state index in [0.29, 0.717) is 11.5 Å². The third-order valence-corrected chi connectivity index (χ3v) is 4.39. The average molecular weight is 259 g/mol. The molecular weight excluding hydrogens is 242 g/mol. The smallest absolute Gasteiger partial charge is 0.142 e. The van der Waals surface area contributed by atoms with Gasteiger partial charge in [0.15, 0.2) is 0 Å². The first-order valence-electron chi connectivity index (χ1n) is 6.24. The molecule has 3 nitrogen and oxygen atoms in total. The van der Waals surface area contributed by atoms with Crippen LogP contribution in [0.3, 0.4) is 0 Å². The Labute approximate surface area is 111 Å². The predicted octanol–water partition coefficient (Wildman–Crippen LogP) is 3.09. The van der Waals surface area contributed by atoms with Crippen molar-refractivity contribution in [1.82, 2.24) is 15.3 Å². The first kappa shape index (κ1) is 11.8. The van der Waals surface area contributed by atoms with Crippen LogP contribution in [0.2, 0.25) is 0 Å². The summed E-state index contributed by atoms with van der Waals surface area (Å²) in [7, 11) is 0. The highest BCUT2D eigenvalue weighted by Gasteiger charge is 2.45. The number of aromatic nitrogens is 2. The molecule has 2 aromatic rings. The van der Waals surface area contributed by atoms with Crippen LogP contribution < -0.4 is 5.32 Å². The first-order valence-corrected chi connectivity index (χ1v) is 7.12. The fourth-order valence-electron chi connectivity index (χ4n) is 2.04. The van der Waals surface area contributed by atoms with Gasteiger partial charge < -0.3 is 5.32 Å². The van der Waals surface area contributed by atoms with Crippen LogP contribution in [0, 0.1) is 5.41 Å². The molecule has 2 aromatic heterocycles. The summed E-state index contributed by atoms with van der Waals surface area (Å²) >= 11 is 1.66. The zero-order chi connectivity index (χ0) is 12.6. The second-order valence-electron chi connectivity index (χ2n) is 5.49. The fourth-order valence-corrected chi connectivity index (χ4v) is 2.83. The van der Waals surface area contributed by atoms with E-state index in [1.54, 1.807) is 17.5 Å². The van der Waals surface area contributed by atoms with Crippen molar-refractivity contribution < 1.29 is 0 Å². The number of nitrogens with zero attached hydrogens (tertiary/aromatic N) is 2. The van der Waals surface area contributed by atoms with Crippen LogP contribution in [-0.4, -0.2) is 16.0 Å². The standard InChI is InChI=1S/C14H17N3S/c1-14(2)7-12(14)16-8-10-9-18-13(17-10)11-5-3-4-6-15-11/h3-6,9,12,16H,7-8H2,1-2H3. The van der Waals surface area contributed by atoms with Crippen molar-refractivity contribution in [1.29, 1.82) is 0 Å². The van der Waals surface area contributed by atoms with Gasteiger partial charge in [-0.05, 0) is 24.0 Å². The van der Waals surface area contributed by atoms with Gasteiger partial charge in [-0.1, -0.05) is 19.9 Å². The molecule has 94 valence electrons. The van der Waals surface area contributed by atoms with Crippen molar-refractivity contribution in [2.24, 2.45) is 5.41 Å². The van der Waals surface area contributed by atoms with E-state index >= 15 is 0 Å². The molecule has 4 heteroatoms. The van der Waals surface area contributed by atoms with Crippen LogP contribution in [0.4, 0.5) is 0 Å². The molecule has 1 aliphatic carbocycles. The summed E-state index contributed by atoms with van der Waals surface area (Å²) < 4.78 is 0. The number of thiazole rings is 1. The van der Waals surface area contributed by atoms with Crippen LogP contribution in [0.15, 0.2) is 29.8 Å². The largest absolute Gasteiger partial charge is 0.308 e. The van der Waals surface area contributed by atoms with E-state index in [2.05, 4.69) is 34.5 Å². The van der Waals surface area contributed by atoms with Crippen molar-refractivity contribution in [2.75, 3.05) is 0 Å². The molecule has 1 N–H and O–H groups in total. The van der Waals surface area contributed by atoms with Gasteiger partial charge in [-0.15, -0.1) is 11.3 Å². The summed E-state index contributed by atoms with van der Waals surface area (Å²) in [5.74, 6) is 0. The quantitative estimate of drug-likeness (QED) is 0.917. The molecule has 1 unspecified atom stereocenters. The van der Waals surface area contributed by atoms with E-state index in [1.165, 1.54) is 6.42 Å². The SMILES string of the molecule is CC1(C)CC1NCc1csc(-c2ccccn2)n1. The molecule has 0 aromatic carbocycles. The number of hydrogen-bond acceptors (Lipinski definition) is 4. The van der Waals surface area contributed by atoms with Gasteiger partial charge >= 0.3 is 0 Å². The third-order valence-electron chi connectivity index (χ3n) is 3.48. The minimum absolute atomic E-state index is 0.472. The van der Waals surface area contributed by atoms with E-state index in [9.17, 15) is 0 Å². The summed E-state index contributed by atoms with van der Waals surface area (Å²) in [6.07, 6.45) is 3.08. The zero-order valence-corrected chi connectivity index (χ0v) is 11.5. The maximum absolute atomic E-state index is 4.62. The van der Waals surface area contributed by atoms with Crippen molar-refractivity contribution >= 4 is 11.3 Å². The van der Waals surface area contributed by atoms with Gasteiger partial charge in [-0.3, -0.25) is 4.98 Å². The number of pyridine rings is 1. The molecule has 1 aliphatic rings. The molecule has 0 bridgehead atoms. The van der Waals surface area contributed by atoms with Gasteiger partial charge in [0.2, 0.25) is 0 Å². The highest BCUT2D eigenvalue weighted by Crippen LogP contribution is 2.44. The lowest BCUT2D eigenvalue weighted by Gasteiger charge is -2.03. The normalized spacial score (nSPS) is 20.9. The maximum atomic E-state index is 4.62. The van der Waals surface area contributed by atoms with Crippen molar-refractivity contribution in [3.05, 3.63) is 35.5 Å². The molecule has 1 saturated carbocycles. The molecule has 0 amide bonds. The number of hydrogen-bond donors (Lipinski definition) is 1. The molecule has 18 heavy (non-hydrogen) atoms. The van der Waals surface area contributed by atoms with E-state index in [-0.39, 0.29) is 0 Å². The van der Waals surface area contributed by atoms with Crippen LogP contribution in [0.1, 0.15) is 26.0 Å². The topological polar surface area (TPSA) is 37.8 Å². The number of rotatable bonds is 4. The Morgan fingerprint density at radius 1 is 1.44 bits per heavy atom. The molecule has 1 fully saturated rings. The minimum Gasteiger partial charge on any atom is -0.308 e. The fraction of sp³-hybridized carbons (Fsp3) is 0.429. The Kier molecular flexibility index (Phi) is 2.92. The molecule has 0 saturated heterocycles. The predicted molar refractivity (Wildman–Crippen MR) is 74.4 cm³/mol. The lowest BCUT2D eigenvalue weighted by atomic mass is 10.2. The van der Waals surface area contributed by atoms with Gasteiger partial charge in [-0.2, -0.15) is 0 Å². The zero-order valence-electron chi connectivity index (χ0n) is 10.7. The van der Waals surface area contributed by atoms with Crippen LogP contribution in [-0.2, 0) is 6.54 Å². The van der Waals surface area contributed by atoms with E-state index in [0.717, 1.165) is 22.9 Å². The molecule has 3 rings (SSSR count). The van der Waals surface area contributed by atoms with Gasteiger partial charge in [0.05, 0.1) is 11.4 Å². The average Bonchev–Trinajstić information content (AvgIpc) is 2.79. The summed E-state index contributed by atoms with van der Waals surface area (Å²) in [6, 6.07) is 6.57. The minimum atomic E-state index is 0.472. The summed E-state index contributed by atoms with van der Waals surface area (Å²) in [6.45, 7) is 5.45. The summed E-state index contributed by atoms with van der Waals surface area (Å²) in [4.78, 5) is 8.94. The second-order valence-corrected chi connectivity index (χ2v) is 6.34. The Balaban J connectivity index is 1.64. The highest BCUT2D eigenvalue weighted by atomic mass is 32.1. The Bertz CT molecular complexity index is 533. The summed E-state index contributed by atoms with van der Waals surface area (Å²) in [5.41, 5.74) is 2.55. The van der Waals surface area contributed by atoms with E-state index < -0.39 is 0 Å². The molecule has 0 spiro atoms. The third kappa shape index (κ3) is 2.44. The van der Waals surface area contributed by atoms with Crippen LogP contribution in [0.5, 0.6) is 0 Å². The van der Waals surface area contributed by atoms with Crippen molar-refractivity contribution in [3.63, 3.8) is 0 Å². The van der Waals surface area contributed by atoms with E-state index in [1.807, 2.05) is 18.2 Å². The van der Waals surface area contributed by atoms with Gasteiger partial charge in [-0.25, -0.2) is 4.98 Å². The maximum Gasteiger partial charge on any atom is 0.142 e. The lowest BCUT2D eigenvalue weighted by molar-refractivity contribution is 0.539. The Morgan fingerprint density at radius 3 is 2.94 bits per heavy atom. The second kappa shape index (κ2) is 4.44. The molecule has 0 radical (unpaired) electrons. The molecular formula is C14H17N3S. The molecule has 2 heterocycles. The first-order chi connectivity index (χ1) is 8.65. The summed E-state index contributed by atoms with van der Waals surface area (Å²) in [5, 5.41) is 6.67. The molecule has 1 atom stereocenters. The Morgan fingerprint density at radius 2 is 2.28 bits per heavy atom. The number of nitrogens with one attached hydrogen (secondary N) is 1. The van der Waals surface area contributed by atoms with Gasteiger partial charge in [0.1, 0.15) is 5.01 Å². The van der Waals surface area contributed by atoms with Crippen molar-refractivity contribution in [3.8, 4) is 10.7 Å². The Hall–Kier alpha value is -1.26. The van der Waals surface area contributed by atoms with Crippen LogP contribution in [0.25, 0.3) is 10.7 Å². The van der Waals surface area contributed by atoms with Gasteiger partial charge in [0.25, 0.3) is 0 Å². The van der Waals surface area contributed by atoms with Crippen LogP contribution >= 0.6 is 11.3 Å². The highest BCUT2D eigenvalue weighted by molar-refractivity contribution is 7.13. The van der Waals surface area contributed by atoms with Gasteiger partial charge in [0, 0.05) is 24.2 Å². The lowest BCUT2D eigenvalue weighted by Crippen LogP contribution is -2.20.